The number of aliphatic imine (C=N–C) groups is 1. The number of hydrogen-bond acceptors (Lipinski definition) is 6. The third-order valence-corrected chi connectivity index (χ3v) is 5.92. The average Bonchev–Trinajstić information content (AvgIpc) is 3.38. The summed E-state index contributed by atoms with van der Waals surface area (Å²) in [6.07, 6.45) is 9.39. The third kappa shape index (κ3) is 4.06. The molecule has 0 spiro atoms. The number of rotatable bonds is 6. The fraction of sp³-hybridized carbons (Fsp3) is 0.227. The number of anilines is 1. The molecule has 2 atom stereocenters. The predicted octanol–water partition coefficient (Wildman–Crippen LogP) is 3.64. The summed E-state index contributed by atoms with van der Waals surface area (Å²) >= 11 is 6.72. The number of aromatic amines is 1. The average molecular weight is 436 g/mol. The first-order chi connectivity index (χ1) is 14.9. The van der Waals surface area contributed by atoms with E-state index in [-0.39, 0.29) is 17.7 Å². The predicted molar refractivity (Wildman–Crippen MR) is 121 cm³/mol. The first-order valence-electron chi connectivity index (χ1n) is 9.75. The molecule has 1 aliphatic carbocycles. The molecule has 1 aliphatic rings. The first-order valence-corrected chi connectivity index (χ1v) is 10.1. The van der Waals surface area contributed by atoms with Crippen molar-refractivity contribution in [2.45, 2.75) is 26.2 Å². The summed E-state index contributed by atoms with van der Waals surface area (Å²) in [5.41, 5.74) is 10.8. The number of aromatic nitrogens is 4. The number of nitrogens with one attached hydrogen (secondary N) is 2. The molecule has 0 radical (unpaired) electrons. The van der Waals surface area contributed by atoms with Crippen molar-refractivity contribution in [3.8, 4) is 11.3 Å². The monoisotopic (exact) mass is 435 g/mol. The summed E-state index contributed by atoms with van der Waals surface area (Å²) in [6.45, 7) is 7.35. The number of carbonyl (C=O) groups is 1. The van der Waals surface area contributed by atoms with Gasteiger partial charge in [-0.15, -0.1) is 0 Å². The highest BCUT2D eigenvalue weighted by Gasteiger charge is 2.44. The molecule has 31 heavy (non-hydrogen) atoms. The minimum Gasteiger partial charge on any atom is -0.383 e. The van der Waals surface area contributed by atoms with Gasteiger partial charge in [0.2, 0.25) is 5.91 Å². The van der Waals surface area contributed by atoms with Gasteiger partial charge in [0.25, 0.3) is 0 Å². The van der Waals surface area contributed by atoms with E-state index in [1.165, 1.54) is 0 Å². The van der Waals surface area contributed by atoms with Gasteiger partial charge in [0.15, 0.2) is 0 Å². The molecule has 0 aliphatic heterocycles. The number of halogens is 1. The minimum atomic E-state index is -0.129. The van der Waals surface area contributed by atoms with Gasteiger partial charge in [-0.3, -0.25) is 14.9 Å². The zero-order valence-electron chi connectivity index (χ0n) is 17.2. The van der Waals surface area contributed by atoms with Crippen molar-refractivity contribution in [1.29, 1.82) is 0 Å². The Labute approximate surface area is 184 Å². The Balaban J connectivity index is 1.64. The van der Waals surface area contributed by atoms with Crippen LogP contribution in [-0.4, -0.2) is 32.8 Å². The summed E-state index contributed by atoms with van der Waals surface area (Å²) < 4.78 is 0. The van der Waals surface area contributed by atoms with Crippen LogP contribution in [-0.2, 0) is 4.79 Å². The molecule has 4 rings (SSSR count). The Bertz CT molecular complexity index is 1190. The van der Waals surface area contributed by atoms with E-state index in [9.17, 15) is 4.79 Å². The van der Waals surface area contributed by atoms with E-state index in [4.69, 9.17) is 17.3 Å². The lowest BCUT2D eigenvalue weighted by atomic mass is 10.0. The molecule has 3 aromatic rings. The molecular weight excluding hydrogens is 414 g/mol. The number of nitrogen functional groups attached to an aromatic ring is 1. The zero-order chi connectivity index (χ0) is 22.1. The molecule has 1 amide bonds. The summed E-state index contributed by atoms with van der Waals surface area (Å²) in [5, 5.41) is 9.97. The second-order valence-electron chi connectivity index (χ2n) is 7.55. The maximum atomic E-state index is 12.7. The summed E-state index contributed by atoms with van der Waals surface area (Å²) in [7, 11) is 0. The molecular formula is C22H22ClN7O. The van der Waals surface area contributed by atoms with E-state index < -0.39 is 0 Å². The van der Waals surface area contributed by atoms with Gasteiger partial charge in [-0.25, -0.2) is 9.98 Å². The van der Waals surface area contributed by atoms with Crippen LogP contribution in [0.3, 0.4) is 0 Å². The molecule has 0 aromatic carbocycles. The smallest absolute Gasteiger partial charge is 0.229 e. The zero-order valence-corrected chi connectivity index (χ0v) is 17.9. The van der Waals surface area contributed by atoms with Crippen LogP contribution < -0.4 is 11.1 Å². The lowest BCUT2D eigenvalue weighted by Gasteiger charge is -2.14. The third-order valence-electron chi connectivity index (χ3n) is 5.54. The molecule has 3 aromatic heterocycles. The Morgan fingerprint density at radius 2 is 2.23 bits per heavy atom. The number of hydrogen-bond donors (Lipinski definition) is 3. The van der Waals surface area contributed by atoms with E-state index in [0.29, 0.717) is 33.5 Å². The van der Waals surface area contributed by atoms with Crippen molar-refractivity contribution >= 4 is 36.1 Å². The molecule has 9 heteroatoms. The number of pyridine rings is 2. The number of aryl methyl sites for hydroxylation is 1. The largest absolute Gasteiger partial charge is 0.383 e. The Morgan fingerprint density at radius 1 is 1.42 bits per heavy atom. The van der Waals surface area contributed by atoms with Crippen LogP contribution in [0.15, 0.2) is 41.7 Å². The molecule has 0 unspecified atom stereocenters. The highest BCUT2D eigenvalue weighted by Crippen LogP contribution is 2.47. The number of nitrogens with zero attached hydrogens (tertiary/aromatic N) is 4. The number of amides is 1. The van der Waals surface area contributed by atoms with E-state index in [1.807, 2.05) is 26.1 Å². The van der Waals surface area contributed by atoms with Crippen LogP contribution in [0, 0.1) is 19.8 Å². The topological polar surface area (TPSA) is 122 Å². The quantitative estimate of drug-likeness (QED) is 0.510. The number of carbonyl (C=O) groups excluding carboxylic acids is 1. The molecule has 3 heterocycles. The fourth-order valence-electron chi connectivity index (χ4n) is 3.54. The van der Waals surface area contributed by atoms with Crippen molar-refractivity contribution in [1.82, 2.24) is 25.5 Å². The first kappa shape index (κ1) is 20.7. The number of H-pyrrole nitrogens is 1. The van der Waals surface area contributed by atoms with Crippen molar-refractivity contribution in [2.24, 2.45) is 10.9 Å². The van der Waals surface area contributed by atoms with Crippen LogP contribution in [0.25, 0.3) is 17.3 Å². The van der Waals surface area contributed by atoms with Gasteiger partial charge < -0.3 is 11.1 Å². The van der Waals surface area contributed by atoms with Crippen molar-refractivity contribution in [2.75, 3.05) is 5.73 Å². The Kier molecular flexibility index (Phi) is 5.56. The Hall–Kier alpha value is -3.52. The second kappa shape index (κ2) is 8.31. The fourth-order valence-corrected chi connectivity index (χ4v) is 3.88. The molecule has 158 valence electrons. The standard InChI is InChI=1S/C22H22ClN7O/c1-11-4-5-26-10-17(11)20-19(23)14(12(2)21(24)30-20)7-18(25-3)29-22(31)16-6-15(16)13-8-27-28-9-13/h4-5,7-10,15-16H,3,6H2,1-2H3,(H2,24,30)(H,27,28)(H,29,31)/b18-7+/t15-,16+/m0/s1. The van der Waals surface area contributed by atoms with E-state index >= 15 is 0 Å². The van der Waals surface area contributed by atoms with Gasteiger partial charge in [0.05, 0.1) is 16.9 Å². The van der Waals surface area contributed by atoms with Gasteiger partial charge in [-0.1, -0.05) is 11.6 Å². The number of nitrogens with two attached hydrogens (primary N) is 1. The lowest BCUT2D eigenvalue weighted by molar-refractivity contribution is -0.121. The highest BCUT2D eigenvalue weighted by molar-refractivity contribution is 6.34. The summed E-state index contributed by atoms with van der Waals surface area (Å²) in [6, 6.07) is 1.88. The molecule has 0 saturated heterocycles. The lowest BCUT2D eigenvalue weighted by Crippen LogP contribution is -2.24. The summed E-state index contributed by atoms with van der Waals surface area (Å²) in [5.74, 6) is 0.546. The van der Waals surface area contributed by atoms with Gasteiger partial charge >= 0.3 is 0 Å². The van der Waals surface area contributed by atoms with Crippen LogP contribution >= 0.6 is 11.6 Å². The maximum Gasteiger partial charge on any atom is 0.229 e. The van der Waals surface area contributed by atoms with Crippen LogP contribution in [0.4, 0.5) is 5.82 Å². The molecule has 1 saturated carbocycles. The summed E-state index contributed by atoms with van der Waals surface area (Å²) in [4.78, 5) is 25.3. The SMILES string of the molecule is C=N/C(=C\c1c(C)c(N)nc(-c2cnccc2C)c1Cl)NC(=O)[C@@H]1C[C@H]1c1cn[nH]c1. The second-order valence-corrected chi connectivity index (χ2v) is 7.92. The van der Waals surface area contributed by atoms with E-state index in [1.54, 1.807) is 24.7 Å². The van der Waals surface area contributed by atoms with Gasteiger partial charge in [0, 0.05) is 41.2 Å². The van der Waals surface area contributed by atoms with E-state index in [2.05, 4.69) is 37.2 Å². The normalized spacial score (nSPS) is 18.0. The van der Waals surface area contributed by atoms with Crippen LogP contribution in [0.5, 0.6) is 0 Å². The highest BCUT2D eigenvalue weighted by atomic mass is 35.5. The molecule has 0 bridgehead atoms. The van der Waals surface area contributed by atoms with Crippen LogP contribution in [0.1, 0.15) is 34.6 Å². The molecule has 8 nitrogen and oxygen atoms in total. The van der Waals surface area contributed by atoms with E-state index in [0.717, 1.165) is 23.1 Å². The minimum absolute atomic E-state index is 0.121. The molecule has 4 N–H and O–H groups in total. The van der Waals surface area contributed by atoms with Crippen molar-refractivity contribution < 1.29 is 4.79 Å². The van der Waals surface area contributed by atoms with Gasteiger partial charge in [-0.05, 0) is 56.2 Å². The Morgan fingerprint density at radius 3 is 2.90 bits per heavy atom. The van der Waals surface area contributed by atoms with Crippen LogP contribution in [0.2, 0.25) is 5.02 Å². The van der Waals surface area contributed by atoms with Crippen molar-refractivity contribution in [3.63, 3.8) is 0 Å². The van der Waals surface area contributed by atoms with Crippen molar-refractivity contribution in [3.05, 3.63) is 64.0 Å². The van der Waals surface area contributed by atoms with Gasteiger partial charge in [0.1, 0.15) is 11.6 Å². The maximum absolute atomic E-state index is 12.7. The molecule has 1 fully saturated rings. The van der Waals surface area contributed by atoms with Gasteiger partial charge in [-0.2, -0.15) is 5.10 Å².